The van der Waals surface area contributed by atoms with Gasteiger partial charge in [0.1, 0.15) is 18.3 Å². The van der Waals surface area contributed by atoms with Crippen molar-refractivity contribution in [1.82, 2.24) is 0 Å². The summed E-state index contributed by atoms with van der Waals surface area (Å²) in [6.07, 6.45) is -19.1. The molecule has 1 rings (SSSR count). The highest BCUT2D eigenvalue weighted by atomic mass is 19.4. The van der Waals surface area contributed by atoms with Crippen LogP contribution in [0.1, 0.15) is 19.3 Å². The van der Waals surface area contributed by atoms with Crippen molar-refractivity contribution in [3.05, 3.63) is 0 Å². The van der Waals surface area contributed by atoms with Crippen LogP contribution in [0.2, 0.25) is 0 Å². The molecule has 3 N–H and O–H groups in total. The predicted octanol–water partition coefficient (Wildman–Crippen LogP) is 3.38. The maximum absolute atomic E-state index is 13.6. The van der Waals surface area contributed by atoms with Crippen molar-refractivity contribution in [3.8, 4) is 0 Å². The minimum Gasteiger partial charge on any atom is -0.388 e. The van der Waals surface area contributed by atoms with Crippen molar-refractivity contribution in [3.63, 3.8) is 0 Å². The lowest BCUT2D eigenvalue weighted by atomic mass is 9.90. The van der Waals surface area contributed by atoms with Gasteiger partial charge in [0.2, 0.25) is 0 Å². The van der Waals surface area contributed by atoms with Gasteiger partial charge in [-0.1, -0.05) is 0 Å². The topological polar surface area (TPSA) is 69.9 Å². The van der Waals surface area contributed by atoms with E-state index in [0.29, 0.717) is 0 Å². The first kappa shape index (κ1) is 28.0. The quantitative estimate of drug-likeness (QED) is 0.453. The molecule has 1 heterocycles. The summed E-state index contributed by atoms with van der Waals surface area (Å²) in [6, 6.07) is 0. The normalized spacial score (nSPS) is 27.5. The van der Waals surface area contributed by atoms with Gasteiger partial charge in [0.05, 0.1) is 12.7 Å². The molecule has 1 aliphatic heterocycles. The van der Waals surface area contributed by atoms with Crippen molar-refractivity contribution in [2.45, 2.75) is 79.5 Å². The molecule has 0 saturated carbocycles. The second-order valence-electron chi connectivity index (χ2n) is 6.81. The Kier molecular flexibility index (Phi) is 7.55. The van der Waals surface area contributed by atoms with Crippen LogP contribution in [-0.2, 0) is 4.74 Å². The van der Waals surface area contributed by atoms with Gasteiger partial charge in [0, 0.05) is 6.42 Å². The Bertz CT molecular complexity index is 622. The molecular formula is C14H15F13O4. The molecule has 186 valence electrons. The SMILES string of the molecule is O[C@@H]1[C@@H](O)[C@H](CCCC(F)(F)C(F)(F)C(F)(F)C(F)(F)C(F)(F)C(F)(F)F)OC[C@H]1O. The minimum atomic E-state index is -7.95. The number of ether oxygens (including phenoxy) is 1. The highest BCUT2D eigenvalue weighted by Crippen LogP contribution is 2.60. The fourth-order valence-corrected chi connectivity index (χ4v) is 2.61. The van der Waals surface area contributed by atoms with E-state index in [0.717, 1.165) is 0 Å². The lowest BCUT2D eigenvalue weighted by molar-refractivity contribution is -0.440. The molecular weight excluding hydrogens is 479 g/mol. The van der Waals surface area contributed by atoms with Gasteiger partial charge in [-0.15, -0.1) is 0 Å². The van der Waals surface area contributed by atoms with Crippen LogP contribution < -0.4 is 0 Å². The summed E-state index contributed by atoms with van der Waals surface area (Å²) < 4.78 is 173. The first-order chi connectivity index (χ1) is 13.6. The molecule has 0 spiro atoms. The fourth-order valence-electron chi connectivity index (χ4n) is 2.61. The molecule has 0 unspecified atom stereocenters. The first-order valence-corrected chi connectivity index (χ1v) is 8.18. The zero-order chi connectivity index (χ0) is 24.8. The number of halogens is 13. The lowest BCUT2D eigenvalue weighted by Crippen LogP contribution is -2.70. The average Bonchev–Trinajstić information content (AvgIpc) is 2.60. The fraction of sp³-hybridized carbons (Fsp3) is 1.00. The molecule has 17 heteroatoms. The van der Waals surface area contributed by atoms with E-state index in [9.17, 15) is 67.3 Å². The third-order valence-electron chi connectivity index (χ3n) is 4.58. The molecule has 0 aromatic carbocycles. The molecule has 0 amide bonds. The summed E-state index contributed by atoms with van der Waals surface area (Å²) in [5.41, 5.74) is 0. The van der Waals surface area contributed by atoms with Gasteiger partial charge < -0.3 is 20.1 Å². The molecule has 4 nitrogen and oxygen atoms in total. The second-order valence-corrected chi connectivity index (χ2v) is 6.81. The number of rotatable bonds is 8. The van der Waals surface area contributed by atoms with E-state index >= 15 is 0 Å². The summed E-state index contributed by atoms with van der Waals surface area (Å²) in [7, 11) is 0. The van der Waals surface area contributed by atoms with Crippen LogP contribution in [0, 0.1) is 0 Å². The zero-order valence-electron chi connectivity index (χ0n) is 14.8. The summed E-state index contributed by atoms with van der Waals surface area (Å²) in [6.45, 7) is -0.660. The highest BCUT2D eigenvalue weighted by Gasteiger charge is 2.90. The Balaban J connectivity index is 3.01. The second kappa shape index (κ2) is 8.37. The molecule has 0 bridgehead atoms. The van der Waals surface area contributed by atoms with Gasteiger partial charge in [-0.3, -0.25) is 0 Å². The van der Waals surface area contributed by atoms with Gasteiger partial charge in [-0.05, 0) is 12.8 Å². The van der Waals surface area contributed by atoms with E-state index in [-0.39, 0.29) is 0 Å². The highest BCUT2D eigenvalue weighted by molar-refractivity contribution is 5.10. The molecule has 1 aliphatic rings. The monoisotopic (exact) mass is 494 g/mol. The van der Waals surface area contributed by atoms with Crippen LogP contribution in [0.25, 0.3) is 0 Å². The number of hydrogen-bond acceptors (Lipinski definition) is 4. The van der Waals surface area contributed by atoms with E-state index < -0.39 is 86.1 Å². The Morgan fingerprint density at radius 2 is 1.10 bits per heavy atom. The van der Waals surface area contributed by atoms with Crippen molar-refractivity contribution in [2.75, 3.05) is 6.61 Å². The van der Waals surface area contributed by atoms with Gasteiger partial charge in [-0.25, -0.2) is 0 Å². The zero-order valence-corrected chi connectivity index (χ0v) is 14.8. The molecule has 0 aliphatic carbocycles. The number of hydrogen-bond donors (Lipinski definition) is 3. The Labute approximate surface area is 164 Å². The molecule has 31 heavy (non-hydrogen) atoms. The molecule has 0 aromatic rings. The van der Waals surface area contributed by atoms with Crippen LogP contribution >= 0.6 is 0 Å². The average molecular weight is 494 g/mol. The number of aliphatic hydroxyl groups is 3. The largest absolute Gasteiger partial charge is 0.460 e. The maximum atomic E-state index is 13.6. The summed E-state index contributed by atoms with van der Waals surface area (Å²) in [5.74, 6) is -37.1. The first-order valence-electron chi connectivity index (χ1n) is 8.18. The van der Waals surface area contributed by atoms with Gasteiger partial charge in [-0.2, -0.15) is 57.1 Å². The van der Waals surface area contributed by atoms with Crippen LogP contribution in [-0.4, -0.2) is 82.1 Å². The molecule has 0 aromatic heterocycles. The van der Waals surface area contributed by atoms with Crippen molar-refractivity contribution in [2.24, 2.45) is 0 Å². The third-order valence-corrected chi connectivity index (χ3v) is 4.58. The maximum Gasteiger partial charge on any atom is 0.460 e. The van der Waals surface area contributed by atoms with E-state index in [4.69, 9.17) is 9.84 Å². The van der Waals surface area contributed by atoms with E-state index in [1.54, 1.807) is 0 Å². The van der Waals surface area contributed by atoms with E-state index in [1.807, 2.05) is 0 Å². The van der Waals surface area contributed by atoms with Gasteiger partial charge in [0.25, 0.3) is 0 Å². The lowest BCUT2D eigenvalue weighted by Gasteiger charge is -2.40. The molecule has 1 fully saturated rings. The Morgan fingerprint density at radius 3 is 1.55 bits per heavy atom. The van der Waals surface area contributed by atoms with Crippen molar-refractivity contribution >= 4 is 0 Å². The summed E-state index contributed by atoms with van der Waals surface area (Å²) >= 11 is 0. The smallest absolute Gasteiger partial charge is 0.388 e. The van der Waals surface area contributed by atoms with Crippen LogP contribution in [0.15, 0.2) is 0 Å². The van der Waals surface area contributed by atoms with E-state index in [2.05, 4.69) is 0 Å². The van der Waals surface area contributed by atoms with Gasteiger partial charge in [0.15, 0.2) is 0 Å². The number of alkyl halides is 13. The minimum absolute atomic E-state index is 0.660. The third kappa shape index (κ3) is 4.55. The van der Waals surface area contributed by atoms with Gasteiger partial charge >= 0.3 is 35.8 Å². The molecule has 1 saturated heterocycles. The van der Waals surface area contributed by atoms with Crippen molar-refractivity contribution < 1.29 is 77.1 Å². The van der Waals surface area contributed by atoms with Crippen LogP contribution in [0.4, 0.5) is 57.1 Å². The molecule has 4 atom stereocenters. The summed E-state index contributed by atoms with van der Waals surface area (Å²) in [4.78, 5) is 0. The standard InChI is InChI=1S/C14H15F13O4/c15-9(16,3-1-2-6-8(30)7(29)5(28)4-31-6)10(17,18)11(19,20)12(21,22)13(23,24)14(25,26)27/h5-8,28-30H,1-4H2/t5-,6+,7+,8+/m1/s1. The molecule has 0 radical (unpaired) electrons. The summed E-state index contributed by atoms with van der Waals surface area (Å²) in [5, 5.41) is 28.0. The Hall–Kier alpha value is -1.07. The van der Waals surface area contributed by atoms with Crippen LogP contribution in [0.3, 0.4) is 0 Å². The Morgan fingerprint density at radius 1 is 0.645 bits per heavy atom. The van der Waals surface area contributed by atoms with Crippen molar-refractivity contribution in [1.29, 1.82) is 0 Å². The number of aliphatic hydroxyl groups excluding tert-OH is 3. The van der Waals surface area contributed by atoms with Crippen LogP contribution in [0.5, 0.6) is 0 Å². The van der Waals surface area contributed by atoms with E-state index in [1.165, 1.54) is 0 Å². The predicted molar refractivity (Wildman–Crippen MR) is 72.4 cm³/mol.